The minimum Gasteiger partial charge on any atom is -0.481 e. The quantitative estimate of drug-likeness (QED) is 0.800. The summed E-state index contributed by atoms with van der Waals surface area (Å²) in [6.07, 6.45) is 2.34. The largest absolute Gasteiger partial charge is 0.481 e. The van der Waals surface area contributed by atoms with Crippen LogP contribution in [0.15, 0.2) is 48.7 Å². The van der Waals surface area contributed by atoms with E-state index in [0.717, 1.165) is 22.0 Å². The van der Waals surface area contributed by atoms with Crippen LogP contribution < -0.4 is 10.5 Å². The summed E-state index contributed by atoms with van der Waals surface area (Å²) in [5.74, 6) is 0.0327. The molecule has 0 saturated carbocycles. The third-order valence-electron chi connectivity index (χ3n) is 3.46. The summed E-state index contributed by atoms with van der Waals surface area (Å²) in [6.45, 7) is 0. The zero-order valence-electron chi connectivity index (χ0n) is 12.1. The zero-order chi connectivity index (χ0) is 15.5. The Bertz CT molecular complexity index is 846. The second kappa shape index (κ2) is 5.81. The molecule has 0 unspecified atom stereocenters. The number of nitrogens with two attached hydrogens (primary N) is 1. The number of nitrogens with zero attached hydrogens (tertiary/aromatic N) is 2. The molecule has 2 heterocycles. The number of ether oxygens (including phenoxy) is 1. The van der Waals surface area contributed by atoms with E-state index >= 15 is 0 Å². The average Bonchev–Trinajstić information content (AvgIpc) is 2.55. The Balaban J connectivity index is 2.10. The number of aromatic nitrogens is 2. The molecule has 0 spiro atoms. The van der Waals surface area contributed by atoms with Crippen molar-refractivity contribution in [2.45, 2.75) is 6.42 Å². The molecule has 0 aliphatic rings. The minimum absolute atomic E-state index is 0.273. The number of benzene rings is 1. The van der Waals surface area contributed by atoms with E-state index in [9.17, 15) is 4.79 Å². The minimum atomic E-state index is -0.528. The molecule has 0 bridgehead atoms. The van der Waals surface area contributed by atoms with Gasteiger partial charge >= 0.3 is 0 Å². The molecule has 0 atom stereocenters. The maximum Gasteiger partial charge on any atom is 0.267 e. The molecule has 1 aromatic carbocycles. The fraction of sp³-hybridized carbons (Fsp3) is 0.118. The highest BCUT2D eigenvalue weighted by atomic mass is 16.5. The highest BCUT2D eigenvalue weighted by molar-refractivity contribution is 5.95. The Kier molecular flexibility index (Phi) is 3.70. The highest BCUT2D eigenvalue weighted by Crippen LogP contribution is 2.22. The van der Waals surface area contributed by atoms with E-state index in [2.05, 4.69) is 9.97 Å². The first-order chi connectivity index (χ1) is 10.7. The molecule has 2 aromatic heterocycles. The number of amides is 1. The molecular formula is C17H15N3O2. The Morgan fingerprint density at radius 2 is 2.05 bits per heavy atom. The fourth-order valence-electron chi connectivity index (χ4n) is 2.41. The molecule has 0 aliphatic heterocycles. The van der Waals surface area contributed by atoms with E-state index in [-0.39, 0.29) is 5.69 Å². The summed E-state index contributed by atoms with van der Waals surface area (Å²) in [5.41, 5.74) is 8.45. The monoisotopic (exact) mass is 293 g/mol. The van der Waals surface area contributed by atoms with Gasteiger partial charge < -0.3 is 10.5 Å². The van der Waals surface area contributed by atoms with Gasteiger partial charge in [0.05, 0.1) is 12.6 Å². The van der Waals surface area contributed by atoms with Gasteiger partial charge in [-0.1, -0.05) is 18.2 Å². The van der Waals surface area contributed by atoms with E-state index in [1.807, 2.05) is 36.4 Å². The number of fused-ring (bicyclic) bond motifs is 1. The van der Waals surface area contributed by atoms with Gasteiger partial charge in [-0.2, -0.15) is 0 Å². The molecule has 110 valence electrons. The number of para-hydroxylation sites is 1. The SMILES string of the molecule is COc1cc(Cc2cc(C(N)=O)nc3ccccc23)ccn1. The fourth-order valence-corrected chi connectivity index (χ4v) is 2.41. The molecule has 3 rings (SSSR count). The second-order valence-corrected chi connectivity index (χ2v) is 4.93. The van der Waals surface area contributed by atoms with Crippen LogP contribution in [0.25, 0.3) is 10.9 Å². The summed E-state index contributed by atoms with van der Waals surface area (Å²) in [5, 5.41) is 1.00. The smallest absolute Gasteiger partial charge is 0.267 e. The van der Waals surface area contributed by atoms with Crippen molar-refractivity contribution in [3.05, 3.63) is 65.5 Å². The van der Waals surface area contributed by atoms with E-state index in [0.29, 0.717) is 12.3 Å². The van der Waals surface area contributed by atoms with E-state index in [1.165, 1.54) is 0 Å². The van der Waals surface area contributed by atoms with Crippen molar-refractivity contribution in [3.63, 3.8) is 0 Å². The van der Waals surface area contributed by atoms with Crippen molar-refractivity contribution in [2.24, 2.45) is 5.73 Å². The summed E-state index contributed by atoms with van der Waals surface area (Å²) in [6, 6.07) is 13.2. The van der Waals surface area contributed by atoms with Crippen molar-refractivity contribution in [2.75, 3.05) is 7.11 Å². The molecule has 1 amide bonds. The molecule has 5 nitrogen and oxygen atoms in total. The van der Waals surface area contributed by atoms with Crippen LogP contribution in [0.1, 0.15) is 21.6 Å². The molecule has 0 radical (unpaired) electrons. The zero-order valence-corrected chi connectivity index (χ0v) is 12.1. The standard InChI is InChI=1S/C17H15N3O2/c1-22-16-9-11(6-7-19-16)8-12-10-15(17(18)21)20-14-5-3-2-4-13(12)14/h2-7,9-10H,8H2,1H3,(H2,18,21). The topological polar surface area (TPSA) is 78.1 Å². The molecular weight excluding hydrogens is 278 g/mol. The third kappa shape index (κ3) is 2.74. The van der Waals surface area contributed by atoms with Gasteiger partial charge in [-0.3, -0.25) is 4.79 Å². The molecule has 3 aromatic rings. The van der Waals surface area contributed by atoms with Crippen LogP contribution in [-0.4, -0.2) is 23.0 Å². The van der Waals surface area contributed by atoms with Crippen LogP contribution >= 0.6 is 0 Å². The van der Waals surface area contributed by atoms with E-state index in [1.54, 1.807) is 19.4 Å². The molecule has 0 fully saturated rings. The summed E-state index contributed by atoms with van der Waals surface area (Å²) >= 11 is 0. The number of hydrogen-bond acceptors (Lipinski definition) is 4. The molecule has 22 heavy (non-hydrogen) atoms. The van der Waals surface area contributed by atoms with Gasteiger partial charge in [0.2, 0.25) is 5.88 Å². The molecule has 0 aliphatic carbocycles. The maximum atomic E-state index is 11.5. The molecule has 2 N–H and O–H groups in total. The lowest BCUT2D eigenvalue weighted by atomic mass is 10.0. The second-order valence-electron chi connectivity index (χ2n) is 4.93. The number of carbonyl (C=O) groups is 1. The predicted octanol–water partition coefficient (Wildman–Crippen LogP) is 2.33. The number of carbonyl (C=O) groups excluding carboxylic acids is 1. The van der Waals surface area contributed by atoms with Crippen molar-refractivity contribution in [1.82, 2.24) is 9.97 Å². The lowest BCUT2D eigenvalue weighted by Crippen LogP contribution is -2.13. The average molecular weight is 293 g/mol. The van der Waals surface area contributed by atoms with Crippen LogP contribution in [0.3, 0.4) is 0 Å². The van der Waals surface area contributed by atoms with Crippen LogP contribution in [0.2, 0.25) is 0 Å². The number of pyridine rings is 2. The maximum absolute atomic E-state index is 11.5. The van der Waals surface area contributed by atoms with Gasteiger partial charge in [0, 0.05) is 17.6 Å². The summed E-state index contributed by atoms with van der Waals surface area (Å²) < 4.78 is 5.14. The Labute approximate surface area is 127 Å². The molecule has 0 saturated heterocycles. The Morgan fingerprint density at radius 3 is 2.82 bits per heavy atom. The van der Waals surface area contributed by atoms with Crippen LogP contribution in [0, 0.1) is 0 Å². The number of methoxy groups -OCH3 is 1. The van der Waals surface area contributed by atoms with Gasteiger partial charge in [0.1, 0.15) is 5.69 Å². The predicted molar refractivity (Wildman–Crippen MR) is 83.9 cm³/mol. The van der Waals surface area contributed by atoms with Gasteiger partial charge in [0.15, 0.2) is 0 Å². The Morgan fingerprint density at radius 1 is 1.23 bits per heavy atom. The van der Waals surface area contributed by atoms with Crippen molar-refractivity contribution in [3.8, 4) is 5.88 Å². The normalized spacial score (nSPS) is 10.6. The third-order valence-corrected chi connectivity index (χ3v) is 3.46. The summed E-state index contributed by atoms with van der Waals surface area (Å²) in [4.78, 5) is 19.9. The van der Waals surface area contributed by atoms with E-state index < -0.39 is 5.91 Å². The van der Waals surface area contributed by atoms with Gasteiger partial charge in [-0.25, -0.2) is 9.97 Å². The number of rotatable bonds is 4. The molecule has 5 heteroatoms. The number of primary amides is 1. The van der Waals surface area contributed by atoms with Crippen LogP contribution in [0.5, 0.6) is 5.88 Å². The lowest BCUT2D eigenvalue weighted by molar-refractivity contribution is 0.0996. The van der Waals surface area contributed by atoms with Crippen molar-refractivity contribution < 1.29 is 9.53 Å². The van der Waals surface area contributed by atoms with Crippen LogP contribution in [0.4, 0.5) is 0 Å². The van der Waals surface area contributed by atoms with Crippen molar-refractivity contribution >= 4 is 16.8 Å². The first-order valence-corrected chi connectivity index (χ1v) is 6.85. The van der Waals surface area contributed by atoms with E-state index in [4.69, 9.17) is 10.5 Å². The lowest BCUT2D eigenvalue weighted by Gasteiger charge is -2.09. The van der Waals surface area contributed by atoms with Gasteiger partial charge in [-0.15, -0.1) is 0 Å². The summed E-state index contributed by atoms with van der Waals surface area (Å²) in [7, 11) is 1.58. The first-order valence-electron chi connectivity index (χ1n) is 6.85. The van der Waals surface area contributed by atoms with Gasteiger partial charge in [-0.05, 0) is 35.7 Å². The van der Waals surface area contributed by atoms with Crippen molar-refractivity contribution in [1.29, 1.82) is 0 Å². The highest BCUT2D eigenvalue weighted by Gasteiger charge is 2.10. The van der Waals surface area contributed by atoms with Gasteiger partial charge in [0.25, 0.3) is 5.91 Å². The first kappa shape index (κ1) is 14.0. The van der Waals surface area contributed by atoms with Crippen LogP contribution in [-0.2, 0) is 6.42 Å². The number of hydrogen-bond donors (Lipinski definition) is 1. The Hall–Kier alpha value is -2.95.